The number of rotatable bonds is 6. The zero-order valence-corrected chi connectivity index (χ0v) is 15.2. The van der Waals surface area contributed by atoms with E-state index in [2.05, 4.69) is 12.1 Å². The summed E-state index contributed by atoms with van der Waals surface area (Å²) in [7, 11) is 0. The van der Waals surface area contributed by atoms with Crippen molar-refractivity contribution in [2.24, 2.45) is 0 Å². The van der Waals surface area contributed by atoms with Crippen LogP contribution in [0.15, 0.2) is 53.1 Å². The number of benzene rings is 2. The molecule has 0 spiro atoms. The van der Waals surface area contributed by atoms with Crippen LogP contribution < -0.4 is 0 Å². The van der Waals surface area contributed by atoms with E-state index in [1.54, 1.807) is 11.2 Å². The van der Waals surface area contributed by atoms with Crippen molar-refractivity contribution in [2.45, 2.75) is 33.2 Å². The average molecular weight is 346 g/mol. The lowest BCUT2D eigenvalue weighted by molar-refractivity contribution is -0.131. The fourth-order valence-corrected chi connectivity index (χ4v) is 3.08. The van der Waals surface area contributed by atoms with Gasteiger partial charge in [-0.25, -0.2) is 0 Å². The quantitative estimate of drug-likeness (QED) is 0.658. The van der Waals surface area contributed by atoms with Crippen LogP contribution in [0.1, 0.15) is 28.7 Å². The summed E-state index contributed by atoms with van der Waals surface area (Å²) in [5.41, 5.74) is 5.07. The van der Waals surface area contributed by atoms with Crippen molar-refractivity contribution in [3.63, 3.8) is 0 Å². The van der Waals surface area contributed by atoms with Crippen molar-refractivity contribution in [3.8, 4) is 6.07 Å². The van der Waals surface area contributed by atoms with Crippen molar-refractivity contribution >= 4 is 16.9 Å². The largest absolute Gasteiger partial charge is 0.464 e. The number of hydrogen-bond acceptors (Lipinski definition) is 3. The minimum Gasteiger partial charge on any atom is -0.464 e. The van der Waals surface area contributed by atoms with Crippen LogP contribution >= 0.6 is 0 Å². The molecule has 3 aromatic rings. The molecule has 1 heterocycles. The summed E-state index contributed by atoms with van der Waals surface area (Å²) >= 11 is 0. The maximum Gasteiger partial charge on any atom is 0.227 e. The fraction of sp³-hybridized carbons (Fsp3) is 0.273. The van der Waals surface area contributed by atoms with E-state index in [4.69, 9.17) is 9.68 Å². The van der Waals surface area contributed by atoms with Gasteiger partial charge in [0.15, 0.2) is 0 Å². The van der Waals surface area contributed by atoms with Gasteiger partial charge < -0.3 is 9.32 Å². The second-order valence-corrected chi connectivity index (χ2v) is 6.53. The van der Waals surface area contributed by atoms with E-state index in [0.717, 1.165) is 27.7 Å². The van der Waals surface area contributed by atoms with E-state index >= 15 is 0 Å². The van der Waals surface area contributed by atoms with E-state index in [-0.39, 0.29) is 12.3 Å². The lowest BCUT2D eigenvalue weighted by atomic mass is 10.0. The number of furan rings is 1. The monoisotopic (exact) mass is 346 g/mol. The molecule has 0 aliphatic carbocycles. The van der Waals surface area contributed by atoms with Crippen molar-refractivity contribution in [1.29, 1.82) is 5.26 Å². The van der Waals surface area contributed by atoms with E-state index in [1.165, 1.54) is 5.56 Å². The number of aryl methyl sites for hydroxylation is 2. The summed E-state index contributed by atoms with van der Waals surface area (Å²) in [6.07, 6.45) is 2.27. The Labute approximate surface area is 153 Å². The van der Waals surface area contributed by atoms with Gasteiger partial charge in [0.05, 0.1) is 25.2 Å². The molecule has 1 amide bonds. The predicted molar refractivity (Wildman–Crippen MR) is 101 cm³/mol. The highest BCUT2D eigenvalue weighted by Crippen LogP contribution is 2.27. The summed E-state index contributed by atoms with van der Waals surface area (Å²) in [5.74, 6) is 0.00466. The van der Waals surface area contributed by atoms with Crippen molar-refractivity contribution < 1.29 is 9.21 Å². The SMILES string of the molecule is Cc1ccc2c(CC(=O)N(CCC#N)Cc3ccccc3)coc2c1C. The number of nitriles is 1. The Morgan fingerprint density at radius 2 is 1.92 bits per heavy atom. The molecular formula is C22H22N2O2. The van der Waals surface area contributed by atoms with E-state index in [0.29, 0.717) is 19.5 Å². The Bertz CT molecular complexity index is 951. The molecule has 2 aromatic carbocycles. The smallest absolute Gasteiger partial charge is 0.227 e. The highest BCUT2D eigenvalue weighted by atomic mass is 16.3. The Kier molecular flexibility index (Phi) is 5.38. The summed E-state index contributed by atoms with van der Waals surface area (Å²) < 4.78 is 5.72. The predicted octanol–water partition coefficient (Wildman–Crippen LogP) is 4.53. The van der Waals surface area contributed by atoms with Crippen molar-refractivity contribution in [1.82, 2.24) is 4.90 Å². The normalized spacial score (nSPS) is 10.7. The first-order valence-electron chi connectivity index (χ1n) is 8.75. The molecule has 3 rings (SSSR count). The number of carbonyl (C=O) groups is 1. The van der Waals surface area contributed by atoms with Gasteiger partial charge in [-0.2, -0.15) is 5.26 Å². The van der Waals surface area contributed by atoms with E-state index < -0.39 is 0 Å². The average Bonchev–Trinajstić information content (AvgIpc) is 3.06. The molecule has 0 saturated heterocycles. The van der Waals surface area contributed by atoms with Crippen LogP contribution in [-0.2, 0) is 17.8 Å². The molecule has 1 aromatic heterocycles. The number of amides is 1. The van der Waals surface area contributed by atoms with Gasteiger partial charge >= 0.3 is 0 Å². The van der Waals surface area contributed by atoms with Crippen LogP contribution in [0.4, 0.5) is 0 Å². The Hall–Kier alpha value is -3.06. The topological polar surface area (TPSA) is 57.2 Å². The Morgan fingerprint density at radius 1 is 1.15 bits per heavy atom. The third kappa shape index (κ3) is 3.78. The molecule has 4 heteroatoms. The van der Waals surface area contributed by atoms with Gasteiger partial charge in [0.2, 0.25) is 5.91 Å². The zero-order chi connectivity index (χ0) is 18.5. The molecule has 0 unspecified atom stereocenters. The molecule has 0 saturated carbocycles. The van der Waals surface area contributed by atoms with Crippen LogP contribution in [0.3, 0.4) is 0 Å². The maximum absolute atomic E-state index is 12.9. The second kappa shape index (κ2) is 7.88. The minimum absolute atomic E-state index is 0.00466. The molecule has 0 aliphatic rings. The number of carbonyl (C=O) groups excluding carboxylic acids is 1. The van der Waals surface area contributed by atoms with Gasteiger partial charge in [-0.3, -0.25) is 4.79 Å². The van der Waals surface area contributed by atoms with E-state index in [1.807, 2.05) is 50.2 Å². The van der Waals surface area contributed by atoms with Crippen LogP contribution in [0.5, 0.6) is 0 Å². The molecule has 0 fully saturated rings. The first-order valence-corrected chi connectivity index (χ1v) is 8.75. The zero-order valence-electron chi connectivity index (χ0n) is 15.2. The molecule has 0 bridgehead atoms. The van der Waals surface area contributed by atoms with Crippen LogP contribution in [0.2, 0.25) is 0 Å². The lowest BCUT2D eigenvalue weighted by Crippen LogP contribution is -2.32. The van der Waals surface area contributed by atoms with Crippen LogP contribution in [0.25, 0.3) is 11.0 Å². The third-order valence-corrected chi connectivity index (χ3v) is 4.75. The maximum atomic E-state index is 12.9. The summed E-state index contributed by atoms with van der Waals surface area (Å²) in [5, 5.41) is 9.90. The van der Waals surface area contributed by atoms with Gasteiger partial charge in [0.1, 0.15) is 5.58 Å². The number of fused-ring (bicyclic) bond motifs is 1. The molecule has 0 radical (unpaired) electrons. The molecule has 0 N–H and O–H groups in total. The highest BCUT2D eigenvalue weighted by Gasteiger charge is 2.18. The molecule has 132 valence electrons. The van der Waals surface area contributed by atoms with Crippen molar-refractivity contribution in [2.75, 3.05) is 6.54 Å². The number of nitrogens with zero attached hydrogens (tertiary/aromatic N) is 2. The molecule has 0 atom stereocenters. The van der Waals surface area contributed by atoms with Gasteiger partial charge in [0, 0.05) is 24.0 Å². The standard InChI is InChI=1S/C22H22N2O2/c1-16-9-10-20-19(15-26-22(20)17(16)2)13-21(25)24(12-6-11-23)14-18-7-4-3-5-8-18/h3-5,7-10,15H,6,12-14H2,1-2H3. The molecule has 26 heavy (non-hydrogen) atoms. The number of hydrogen-bond donors (Lipinski definition) is 0. The molecule has 0 aliphatic heterocycles. The lowest BCUT2D eigenvalue weighted by Gasteiger charge is -2.21. The van der Waals surface area contributed by atoms with Gasteiger partial charge in [-0.1, -0.05) is 42.5 Å². The summed E-state index contributed by atoms with van der Waals surface area (Å²) in [6, 6.07) is 16.0. The van der Waals surface area contributed by atoms with Crippen LogP contribution in [-0.4, -0.2) is 17.4 Å². The molecule has 4 nitrogen and oxygen atoms in total. The van der Waals surface area contributed by atoms with E-state index in [9.17, 15) is 4.79 Å². The van der Waals surface area contributed by atoms with Gasteiger partial charge in [0.25, 0.3) is 0 Å². The highest BCUT2D eigenvalue weighted by molar-refractivity contribution is 5.89. The minimum atomic E-state index is 0.00466. The Balaban J connectivity index is 1.81. The first-order chi connectivity index (χ1) is 12.6. The second-order valence-electron chi connectivity index (χ2n) is 6.53. The van der Waals surface area contributed by atoms with Crippen molar-refractivity contribution in [3.05, 3.63) is 71.0 Å². The first kappa shape index (κ1) is 17.8. The Morgan fingerprint density at radius 3 is 2.65 bits per heavy atom. The molecular weight excluding hydrogens is 324 g/mol. The van der Waals surface area contributed by atoms with Gasteiger partial charge in [-0.05, 0) is 30.5 Å². The fourth-order valence-electron chi connectivity index (χ4n) is 3.08. The summed E-state index contributed by atoms with van der Waals surface area (Å²) in [6.45, 7) is 5.01. The van der Waals surface area contributed by atoms with Crippen LogP contribution in [0, 0.1) is 25.2 Å². The third-order valence-electron chi connectivity index (χ3n) is 4.75. The van der Waals surface area contributed by atoms with Gasteiger partial charge in [-0.15, -0.1) is 0 Å². The summed E-state index contributed by atoms with van der Waals surface area (Å²) in [4.78, 5) is 14.6.